The van der Waals surface area contributed by atoms with Gasteiger partial charge in [-0.3, -0.25) is 4.68 Å². The number of piperidine rings is 1. The fourth-order valence-electron chi connectivity index (χ4n) is 3.61. The molecule has 3 rings (SSSR count). The minimum atomic E-state index is -3.60. The monoisotopic (exact) mass is 361 g/mol. The Hall–Kier alpha value is -1.66. The summed E-state index contributed by atoms with van der Waals surface area (Å²) < 4.78 is 30.5. The summed E-state index contributed by atoms with van der Waals surface area (Å²) >= 11 is 0. The molecule has 1 saturated heterocycles. The molecule has 0 bridgehead atoms. The summed E-state index contributed by atoms with van der Waals surface area (Å²) in [5.74, 6) is 0. The summed E-state index contributed by atoms with van der Waals surface area (Å²) in [4.78, 5) is 0.313. The van der Waals surface area contributed by atoms with Crippen LogP contribution in [0.3, 0.4) is 0 Å². The van der Waals surface area contributed by atoms with Crippen molar-refractivity contribution in [2.45, 2.75) is 70.0 Å². The fourth-order valence-corrected chi connectivity index (χ4v) is 5.64. The molecule has 0 aliphatic carbocycles. The topological polar surface area (TPSA) is 55.2 Å². The Labute approximate surface area is 150 Å². The van der Waals surface area contributed by atoms with E-state index in [9.17, 15) is 8.42 Å². The maximum Gasteiger partial charge on any atom is 0.247 e. The van der Waals surface area contributed by atoms with Gasteiger partial charge in [-0.05, 0) is 40.5 Å². The van der Waals surface area contributed by atoms with Crippen LogP contribution in [0.25, 0.3) is 11.3 Å². The summed E-state index contributed by atoms with van der Waals surface area (Å²) in [5.41, 5.74) is 1.37. The number of benzene rings is 1. The van der Waals surface area contributed by atoms with Crippen LogP contribution < -0.4 is 0 Å². The highest BCUT2D eigenvalue weighted by molar-refractivity contribution is 7.89. The van der Waals surface area contributed by atoms with Crippen LogP contribution >= 0.6 is 0 Å². The van der Waals surface area contributed by atoms with E-state index < -0.39 is 10.0 Å². The van der Waals surface area contributed by atoms with Gasteiger partial charge in [-0.25, -0.2) is 8.42 Å². The minimum Gasteiger partial charge on any atom is -0.268 e. The van der Waals surface area contributed by atoms with Crippen molar-refractivity contribution in [2.75, 3.05) is 0 Å². The van der Waals surface area contributed by atoms with Crippen LogP contribution in [0.1, 0.15) is 53.0 Å². The quantitative estimate of drug-likeness (QED) is 0.824. The van der Waals surface area contributed by atoms with Gasteiger partial charge in [-0.2, -0.15) is 9.40 Å². The minimum absolute atomic E-state index is 0.0137. The number of hydrogen-bond donors (Lipinski definition) is 0. The molecule has 0 radical (unpaired) electrons. The number of rotatable bonds is 4. The Morgan fingerprint density at radius 3 is 2.24 bits per heavy atom. The van der Waals surface area contributed by atoms with E-state index in [-0.39, 0.29) is 18.1 Å². The molecule has 5 nitrogen and oxygen atoms in total. The normalized spacial score (nSPS) is 22.4. The van der Waals surface area contributed by atoms with Crippen molar-refractivity contribution in [3.63, 3.8) is 0 Å². The second-order valence-electron chi connectivity index (χ2n) is 7.25. The molecule has 1 fully saturated rings. The number of nitrogens with zero attached hydrogens (tertiary/aromatic N) is 3. The van der Waals surface area contributed by atoms with Gasteiger partial charge >= 0.3 is 0 Å². The molecule has 6 heteroatoms. The maximum absolute atomic E-state index is 13.5. The summed E-state index contributed by atoms with van der Waals surface area (Å²) in [6, 6.07) is 9.69. The summed E-state index contributed by atoms with van der Waals surface area (Å²) in [5, 5.41) is 4.60. The van der Waals surface area contributed by atoms with E-state index in [0.29, 0.717) is 10.6 Å². The standard InChI is InChI=1S/C19H27N3O2S/c1-14(2)21-13-18(19(20-21)17-11-6-5-7-12-17)25(23,24)22-15(3)9-8-10-16(22)4/h5-7,11-16H,8-10H2,1-4H3. The zero-order chi connectivity index (χ0) is 18.2. The molecule has 0 spiro atoms. The Morgan fingerprint density at radius 2 is 1.68 bits per heavy atom. The highest BCUT2D eigenvalue weighted by atomic mass is 32.2. The zero-order valence-corrected chi connectivity index (χ0v) is 16.2. The molecule has 1 aromatic carbocycles. The molecule has 136 valence electrons. The average Bonchev–Trinajstić information content (AvgIpc) is 3.02. The second kappa shape index (κ2) is 6.92. The fraction of sp³-hybridized carbons (Fsp3) is 0.526. The molecular formula is C19H27N3O2S. The van der Waals surface area contributed by atoms with Crippen LogP contribution in [-0.4, -0.2) is 34.6 Å². The van der Waals surface area contributed by atoms with E-state index in [2.05, 4.69) is 5.10 Å². The first-order valence-electron chi connectivity index (χ1n) is 9.00. The first-order valence-corrected chi connectivity index (χ1v) is 10.4. The van der Waals surface area contributed by atoms with E-state index in [1.54, 1.807) is 15.2 Å². The zero-order valence-electron chi connectivity index (χ0n) is 15.4. The van der Waals surface area contributed by atoms with Crippen LogP contribution in [0, 0.1) is 0 Å². The molecule has 0 saturated carbocycles. The lowest BCUT2D eigenvalue weighted by atomic mass is 10.0. The van der Waals surface area contributed by atoms with Gasteiger partial charge in [-0.1, -0.05) is 36.8 Å². The lowest BCUT2D eigenvalue weighted by Crippen LogP contribution is -2.47. The van der Waals surface area contributed by atoms with E-state index in [4.69, 9.17) is 0 Å². The van der Waals surface area contributed by atoms with Crippen molar-refractivity contribution in [3.05, 3.63) is 36.5 Å². The highest BCUT2D eigenvalue weighted by Gasteiger charge is 2.38. The van der Waals surface area contributed by atoms with Crippen molar-refractivity contribution >= 4 is 10.0 Å². The average molecular weight is 362 g/mol. The van der Waals surface area contributed by atoms with E-state index in [0.717, 1.165) is 24.8 Å². The maximum atomic E-state index is 13.5. The van der Waals surface area contributed by atoms with Gasteiger partial charge in [-0.15, -0.1) is 0 Å². The molecule has 1 aliphatic heterocycles. The molecular weight excluding hydrogens is 334 g/mol. The SMILES string of the molecule is CC1CCCC(C)N1S(=O)(=O)c1cn(C(C)C)nc1-c1ccccc1. The summed E-state index contributed by atoms with van der Waals surface area (Å²) in [7, 11) is -3.60. The van der Waals surface area contributed by atoms with Crippen LogP contribution in [0.4, 0.5) is 0 Å². The van der Waals surface area contributed by atoms with Crippen molar-refractivity contribution < 1.29 is 8.42 Å². The first-order chi connectivity index (χ1) is 11.8. The van der Waals surface area contributed by atoms with Gasteiger partial charge < -0.3 is 0 Å². The van der Waals surface area contributed by atoms with Crippen LogP contribution in [0.15, 0.2) is 41.4 Å². The van der Waals surface area contributed by atoms with Gasteiger partial charge in [0.15, 0.2) is 0 Å². The van der Waals surface area contributed by atoms with Gasteiger partial charge in [0, 0.05) is 29.9 Å². The van der Waals surface area contributed by atoms with E-state index >= 15 is 0 Å². The van der Waals surface area contributed by atoms with Crippen molar-refractivity contribution in [1.29, 1.82) is 0 Å². The summed E-state index contributed by atoms with van der Waals surface area (Å²) in [6.45, 7) is 8.01. The van der Waals surface area contributed by atoms with Crippen molar-refractivity contribution in [2.24, 2.45) is 0 Å². The Morgan fingerprint density at radius 1 is 1.08 bits per heavy atom. The predicted molar refractivity (Wildman–Crippen MR) is 99.8 cm³/mol. The molecule has 2 heterocycles. The highest BCUT2D eigenvalue weighted by Crippen LogP contribution is 2.34. The Bertz CT molecular complexity index is 818. The van der Waals surface area contributed by atoms with Crippen molar-refractivity contribution in [1.82, 2.24) is 14.1 Å². The van der Waals surface area contributed by atoms with Gasteiger partial charge in [0.1, 0.15) is 10.6 Å². The molecule has 0 N–H and O–H groups in total. The van der Waals surface area contributed by atoms with E-state index in [1.165, 1.54) is 0 Å². The number of hydrogen-bond acceptors (Lipinski definition) is 3. The lowest BCUT2D eigenvalue weighted by Gasteiger charge is -2.37. The molecule has 2 atom stereocenters. The molecule has 2 unspecified atom stereocenters. The van der Waals surface area contributed by atoms with Crippen LogP contribution in [-0.2, 0) is 10.0 Å². The van der Waals surface area contributed by atoms with Crippen LogP contribution in [0.2, 0.25) is 0 Å². The number of sulfonamides is 1. The largest absolute Gasteiger partial charge is 0.268 e. The summed E-state index contributed by atoms with van der Waals surface area (Å²) in [6.07, 6.45) is 4.58. The van der Waals surface area contributed by atoms with E-state index in [1.807, 2.05) is 58.0 Å². The third-order valence-corrected chi connectivity index (χ3v) is 7.07. The lowest BCUT2D eigenvalue weighted by molar-refractivity contribution is 0.204. The molecule has 1 aliphatic rings. The second-order valence-corrected chi connectivity index (χ2v) is 9.06. The third kappa shape index (κ3) is 3.37. The molecule has 1 aromatic heterocycles. The first kappa shape index (κ1) is 18.1. The van der Waals surface area contributed by atoms with Gasteiger partial charge in [0.2, 0.25) is 10.0 Å². The predicted octanol–water partition coefficient (Wildman–Crippen LogP) is 4.08. The molecule has 0 amide bonds. The molecule has 2 aromatic rings. The smallest absolute Gasteiger partial charge is 0.247 e. The van der Waals surface area contributed by atoms with Gasteiger partial charge in [0.25, 0.3) is 0 Å². The molecule has 25 heavy (non-hydrogen) atoms. The van der Waals surface area contributed by atoms with Crippen molar-refractivity contribution in [3.8, 4) is 11.3 Å². The van der Waals surface area contributed by atoms with Gasteiger partial charge in [0.05, 0.1) is 0 Å². The Balaban J connectivity index is 2.15. The third-order valence-electron chi connectivity index (χ3n) is 4.94. The number of aromatic nitrogens is 2. The van der Waals surface area contributed by atoms with Crippen LogP contribution in [0.5, 0.6) is 0 Å². The Kier molecular flexibility index (Phi) is 5.02.